The molecule has 1 atom stereocenters. The van der Waals surface area contributed by atoms with E-state index in [1.165, 1.54) is 7.11 Å². The van der Waals surface area contributed by atoms with Gasteiger partial charge in [0, 0.05) is 6.20 Å². The zero-order valence-electron chi connectivity index (χ0n) is 7.52. The molecule has 0 aromatic rings. The molecular formula is C8H10F3NO2. The number of halogens is 3. The lowest BCUT2D eigenvalue weighted by Gasteiger charge is -2.24. The van der Waals surface area contributed by atoms with Gasteiger partial charge in [0.15, 0.2) is 0 Å². The minimum atomic E-state index is -4.27. The molecule has 0 saturated heterocycles. The van der Waals surface area contributed by atoms with E-state index in [1.807, 2.05) is 0 Å². The number of rotatable bonds is 1. The fourth-order valence-electron chi connectivity index (χ4n) is 1.21. The van der Waals surface area contributed by atoms with E-state index in [2.05, 4.69) is 10.1 Å². The molecule has 1 aliphatic rings. The maximum atomic E-state index is 12.1. The second kappa shape index (κ2) is 3.89. The van der Waals surface area contributed by atoms with Crippen LogP contribution in [0.25, 0.3) is 0 Å². The zero-order chi connectivity index (χ0) is 10.8. The lowest BCUT2D eigenvalue weighted by molar-refractivity contribution is -0.156. The molecule has 1 heterocycles. The van der Waals surface area contributed by atoms with Gasteiger partial charge in [-0.1, -0.05) is 0 Å². The van der Waals surface area contributed by atoms with Crippen molar-refractivity contribution < 1.29 is 22.7 Å². The number of carbonyl (C=O) groups excluding carboxylic acids is 1. The van der Waals surface area contributed by atoms with E-state index in [1.54, 1.807) is 0 Å². The molecule has 0 amide bonds. The van der Waals surface area contributed by atoms with Crippen LogP contribution in [0.15, 0.2) is 11.8 Å². The second-order valence-corrected chi connectivity index (χ2v) is 2.96. The summed E-state index contributed by atoms with van der Waals surface area (Å²) in [5, 5.41) is 2.14. The molecule has 0 fully saturated rings. The standard InChI is InChI=1S/C8H10F3NO2/c1-14-7(13)5-2-3-6(12-4-5)8(9,10)11/h4,6,12H,2-3H2,1H3. The third-order valence-corrected chi connectivity index (χ3v) is 2.00. The topological polar surface area (TPSA) is 38.3 Å². The van der Waals surface area contributed by atoms with E-state index >= 15 is 0 Å². The Bertz CT molecular complexity index is 260. The minimum Gasteiger partial charge on any atom is -0.466 e. The Morgan fingerprint density at radius 3 is 2.64 bits per heavy atom. The van der Waals surface area contributed by atoms with Crippen molar-refractivity contribution >= 4 is 5.97 Å². The monoisotopic (exact) mass is 209 g/mol. The van der Waals surface area contributed by atoms with Crippen LogP contribution in [0.1, 0.15) is 12.8 Å². The quantitative estimate of drug-likeness (QED) is 0.662. The van der Waals surface area contributed by atoms with Crippen molar-refractivity contribution in [1.82, 2.24) is 5.32 Å². The third kappa shape index (κ3) is 2.40. The van der Waals surface area contributed by atoms with Crippen molar-refractivity contribution in [2.75, 3.05) is 7.11 Å². The molecule has 14 heavy (non-hydrogen) atoms. The van der Waals surface area contributed by atoms with Gasteiger partial charge in [-0.15, -0.1) is 0 Å². The Morgan fingerprint density at radius 1 is 1.64 bits per heavy atom. The zero-order valence-corrected chi connectivity index (χ0v) is 7.52. The number of alkyl halides is 3. The van der Waals surface area contributed by atoms with Crippen LogP contribution in [0.3, 0.4) is 0 Å². The first-order valence-corrected chi connectivity index (χ1v) is 4.05. The molecule has 80 valence electrons. The first-order valence-electron chi connectivity index (χ1n) is 4.05. The predicted molar refractivity (Wildman–Crippen MR) is 42.3 cm³/mol. The highest BCUT2D eigenvalue weighted by Gasteiger charge is 2.40. The van der Waals surface area contributed by atoms with Crippen LogP contribution in [0.2, 0.25) is 0 Å². The number of esters is 1. The number of hydrogen-bond donors (Lipinski definition) is 1. The van der Waals surface area contributed by atoms with Gasteiger partial charge < -0.3 is 10.1 Å². The summed E-state index contributed by atoms with van der Waals surface area (Å²) in [6.07, 6.45) is -3.24. The SMILES string of the molecule is COC(=O)C1=CNC(C(F)(F)F)CC1. The molecule has 1 aliphatic heterocycles. The lowest BCUT2D eigenvalue weighted by atomic mass is 10.0. The van der Waals surface area contributed by atoms with Gasteiger partial charge in [0.05, 0.1) is 12.7 Å². The molecule has 0 radical (unpaired) electrons. The highest BCUT2D eigenvalue weighted by atomic mass is 19.4. The molecular weight excluding hydrogens is 199 g/mol. The Morgan fingerprint density at radius 2 is 2.29 bits per heavy atom. The number of hydrogen-bond acceptors (Lipinski definition) is 3. The van der Waals surface area contributed by atoms with E-state index in [0.717, 1.165) is 6.20 Å². The fraction of sp³-hybridized carbons (Fsp3) is 0.625. The molecule has 0 aliphatic carbocycles. The van der Waals surface area contributed by atoms with Gasteiger partial charge in [0.2, 0.25) is 0 Å². The average Bonchev–Trinajstić information content (AvgIpc) is 2.15. The van der Waals surface area contributed by atoms with Crippen molar-refractivity contribution in [1.29, 1.82) is 0 Å². The van der Waals surface area contributed by atoms with Gasteiger partial charge in [-0.05, 0) is 12.8 Å². The van der Waals surface area contributed by atoms with E-state index < -0.39 is 18.2 Å². The van der Waals surface area contributed by atoms with Crippen molar-refractivity contribution in [3.63, 3.8) is 0 Å². The minimum absolute atomic E-state index is 0.0872. The summed E-state index contributed by atoms with van der Waals surface area (Å²) in [5.41, 5.74) is 0.244. The molecule has 1 rings (SSSR count). The van der Waals surface area contributed by atoms with Crippen LogP contribution >= 0.6 is 0 Å². The fourth-order valence-corrected chi connectivity index (χ4v) is 1.21. The molecule has 0 saturated carbocycles. The largest absolute Gasteiger partial charge is 0.466 e. The van der Waals surface area contributed by atoms with Crippen molar-refractivity contribution in [2.45, 2.75) is 25.1 Å². The number of ether oxygens (including phenoxy) is 1. The Kier molecular flexibility index (Phi) is 3.03. The molecule has 0 spiro atoms. The summed E-state index contributed by atoms with van der Waals surface area (Å²) in [5.74, 6) is -0.585. The molecule has 0 bridgehead atoms. The Balaban J connectivity index is 2.60. The first-order chi connectivity index (χ1) is 6.45. The summed E-state index contributed by atoms with van der Waals surface area (Å²) in [6.45, 7) is 0. The van der Waals surface area contributed by atoms with Gasteiger partial charge in [-0.3, -0.25) is 0 Å². The van der Waals surface area contributed by atoms with Crippen LogP contribution < -0.4 is 5.32 Å². The smallest absolute Gasteiger partial charge is 0.408 e. The van der Waals surface area contributed by atoms with E-state index in [-0.39, 0.29) is 18.4 Å². The summed E-state index contributed by atoms with van der Waals surface area (Å²) >= 11 is 0. The van der Waals surface area contributed by atoms with Crippen LogP contribution in [-0.4, -0.2) is 25.3 Å². The van der Waals surface area contributed by atoms with Crippen molar-refractivity contribution in [3.8, 4) is 0 Å². The molecule has 3 nitrogen and oxygen atoms in total. The van der Waals surface area contributed by atoms with Crippen molar-refractivity contribution in [3.05, 3.63) is 11.8 Å². The number of carbonyl (C=O) groups is 1. The van der Waals surface area contributed by atoms with Gasteiger partial charge in [0.25, 0.3) is 0 Å². The highest BCUT2D eigenvalue weighted by molar-refractivity contribution is 5.88. The summed E-state index contributed by atoms with van der Waals surface area (Å²) in [6, 6.07) is -1.56. The van der Waals surface area contributed by atoms with Gasteiger partial charge in [-0.25, -0.2) is 4.79 Å². The molecule has 1 N–H and O–H groups in total. The molecule has 6 heteroatoms. The second-order valence-electron chi connectivity index (χ2n) is 2.96. The maximum absolute atomic E-state index is 12.1. The summed E-state index contributed by atoms with van der Waals surface area (Å²) in [4.78, 5) is 10.9. The van der Waals surface area contributed by atoms with E-state index in [4.69, 9.17) is 0 Å². The molecule has 1 unspecified atom stereocenters. The molecule has 0 aromatic heterocycles. The van der Waals surface area contributed by atoms with Crippen LogP contribution in [0.5, 0.6) is 0 Å². The Labute approximate surface area is 78.9 Å². The summed E-state index contributed by atoms with van der Waals surface area (Å²) in [7, 11) is 1.19. The van der Waals surface area contributed by atoms with Crippen LogP contribution in [0, 0.1) is 0 Å². The van der Waals surface area contributed by atoms with Gasteiger partial charge in [-0.2, -0.15) is 13.2 Å². The van der Waals surface area contributed by atoms with Crippen molar-refractivity contribution in [2.24, 2.45) is 0 Å². The van der Waals surface area contributed by atoms with E-state index in [0.29, 0.717) is 0 Å². The van der Waals surface area contributed by atoms with E-state index in [9.17, 15) is 18.0 Å². The Hall–Kier alpha value is -1.20. The van der Waals surface area contributed by atoms with Crippen LogP contribution in [0.4, 0.5) is 13.2 Å². The third-order valence-electron chi connectivity index (χ3n) is 2.00. The highest BCUT2D eigenvalue weighted by Crippen LogP contribution is 2.27. The maximum Gasteiger partial charge on any atom is 0.408 e. The van der Waals surface area contributed by atoms with Gasteiger partial charge >= 0.3 is 12.1 Å². The number of nitrogens with one attached hydrogen (secondary N) is 1. The number of methoxy groups -OCH3 is 1. The lowest BCUT2D eigenvalue weighted by Crippen LogP contribution is -2.42. The summed E-state index contributed by atoms with van der Waals surface area (Å²) < 4.78 is 40.8. The average molecular weight is 209 g/mol. The normalized spacial score (nSPS) is 22.3. The molecule has 0 aromatic carbocycles. The van der Waals surface area contributed by atoms with Gasteiger partial charge in [0.1, 0.15) is 6.04 Å². The first kappa shape index (κ1) is 10.9. The van der Waals surface area contributed by atoms with Crippen LogP contribution in [-0.2, 0) is 9.53 Å². The predicted octanol–water partition coefficient (Wildman–Crippen LogP) is 1.36.